The number of nitrogens with zero attached hydrogens (tertiary/aromatic N) is 2. The van der Waals surface area contributed by atoms with Crippen molar-refractivity contribution < 1.29 is 13.6 Å². The molecule has 2 aromatic heterocycles. The van der Waals surface area contributed by atoms with Crippen molar-refractivity contribution in [2.24, 2.45) is 0 Å². The SMILES string of the molecule is Cc1ccc(C)c(NC(=O)CCN2C(=S)N[C@@H](c3ccccn3)[C@@H]2c2ccc(-c3ccc(Br)cc3F)o2)c1. The highest BCUT2D eigenvalue weighted by Crippen LogP contribution is 2.41. The van der Waals surface area contributed by atoms with Crippen LogP contribution >= 0.6 is 28.1 Å². The Morgan fingerprint density at radius 1 is 1.16 bits per heavy atom. The van der Waals surface area contributed by atoms with Gasteiger partial charge in [-0.05, 0) is 85.7 Å². The molecule has 6 nitrogen and oxygen atoms in total. The van der Waals surface area contributed by atoms with Crippen LogP contribution in [0.25, 0.3) is 11.3 Å². The highest BCUT2D eigenvalue weighted by Gasteiger charge is 2.41. The van der Waals surface area contributed by atoms with E-state index < -0.39 is 0 Å². The Morgan fingerprint density at radius 2 is 2.00 bits per heavy atom. The fraction of sp³-hybridized carbons (Fsp3) is 0.207. The number of hydrogen-bond acceptors (Lipinski definition) is 4. The van der Waals surface area contributed by atoms with Gasteiger partial charge in [0.15, 0.2) is 5.11 Å². The number of amides is 1. The largest absolute Gasteiger partial charge is 0.459 e. The van der Waals surface area contributed by atoms with Gasteiger partial charge in [0.25, 0.3) is 0 Å². The topological polar surface area (TPSA) is 70.4 Å². The van der Waals surface area contributed by atoms with Gasteiger partial charge in [0, 0.05) is 29.3 Å². The van der Waals surface area contributed by atoms with E-state index in [-0.39, 0.29) is 30.2 Å². The van der Waals surface area contributed by atoms with Crippen LogP contribution in [0.3, 0.4) is 0 Å². The molecule has 0 spiro atoms. The molecule has 4 aromatic rings. The summed E-state index contributed by atoms with van der Waals surface area (Å²) in [5, 5.41) is 6.86. The second-order valence-corrected chi connectivity index (χ2v) is 10.6. The van der Waals surface area contributed by atoms with Crippen LogP contribution in [-0.2, 0) is 4.79 Å². The molecule has 1 aliphatic heterocycles. The number of halogens is 2. The first-order valence-corrected chi connectivity index (χ1v) is 13.4. The molecule has 0 aliphatic carbocycles. The highest BCUT2D eigenvalue weighted by atomic mass is 79.9. The Bertz CT molecular complexity index is 1490. The summed E-state index contributed by atoms with van der Waals surface area (Å²) in [6.07, 6.45) is 1.94. The number of carbonyl (C=O) groups excluding carboxylic acids is 1. The maximum atomic E-state index is 14.7. The van der Waals surface area contributed by atoms with Gasteiger partial charge in [-0.25, -0.2) is 4.39 Å². The van der Waals surface area contributed by atoms with Crippen LogP contribution in [0, 0.1) is 19.7 Å². The number of nitrogens with one attached hydrogen (secondary N) is 2. The molecule has 2 atom stereocenters. The summed E-state index contributed by atoms with van der Waals surface area (Å²) in [6, 6.07) is 19.4. The van der Waals surface area contributed by atoms with E-state index in [0.717, 1.165) is 22.5 Å². The van der Waals surface area contributed by atoms with Crippen LogP contribution in [0.4, 0.5) is 10.1 Å². The molecule has 194 valence electrons. The Balaban J connectivity index is 1.41. The molecule has 2 N–H and O–H groups in total. The van der Waals surface area contributed by atoms with E-state index in [4.69, 9.17) is 16.6 Å². The van der Waals surface area contributed by atoms with Gasteiger partial charge in [0.05, 0.1) is 17.3 Å². The second-order valence-electron chi connectivity index (χ2n) is 9.26. The van der Waals surface area contributed by atoms with Crippen LogP contribution in [-0.4, -0.2) is 27.4 Å². The zero-order chi connectivity index (χ0) is 26.8. The van der Waals surface area contributed by atoms with E-state index >= 15 is 0 Å². The maximum Gasteiger partial charge on any atom is 0.226 e. The van der Waals surface area contributed by atoms with Crippen molar-refractivity contribution in [1.82, 2.24) is 15.2 Å². The van der Waals surface area contributed by atoms with Gasteiger partial charge < -0.3 is 20.0 Å². The molecule has 38 heavy (non-hydrogen) atoms. The first-order chi connectivity index (χ1) is 18.3. The third-order valence-electron chi connectivity index (χ3n) is 6.56. The van der Waals surface area contributed by atoms with Crippen molar-refractivity contribution in [3.63, 3.8) is 0 Å². The molecule has 0 bridgehead atoms. The first kappa shape index (κ1) is 26.1. The minimum atomic E-state index is -0.387. The third kappa shape index (κ3) is 5.49. The number of aryl methyl sites for hydroxylation is 2. The molecule has 0 radical (unpaired) electrons. The van der Waals surface area contributed by atoms with Crippen molar-refractivity contribution in [3.05, 3.63) is 106 Å². The molecular weight excluding hydrogens is 567 g/mol. The Labute approximate surface area is 234 Å². The predicted octanol–water partition coefficient (Wildman–Crippen LogP) is 6.86. The smallest absolute Gasteiger partial charge is 0.226 e. The normalized spacial score (nSPS) is 16.9. The van der Waals surface area contributed by atoms with Crippen LogP contribution in [0.5, 0.6) is 0 Å². The molecule has 1 fully saturated rings. The maximum absolute atomic E-state index is 14.7. The molecule has 1 saturated heterocycles. The van der Waals surface area contributed by atoms with Crippen LogP contribution in [0.1, 0.15) is 41.1 Å². The van der Waals surface area contributed by atoms with E-state index in [9.17, 15) is 9.18 Å². The summed E-state index contributed by atoms with van der Waals surface area (Å²) in [5.74, 6) is 0.510. The average Bonchev–Trinajstić information content (AvgIpc) is 3.50. The number of benzene rings is 2. The molecule has 1 aliphatic rings. The quantitative estimate of drug-likeness (QED) is 0.228. The lowest BCUT2D eigenvalue weighted by molar-refractivity contribution is -0.116. The number of hydrogen-bond donors (Lipinski definition) is 2. The van der Waals surface area contributed by atoms with Crippen molar-refractivity contribution in [1.29, 1.82) is 0 Å². The standard InChI is InChI=1S/C29H26BrFN4O2S/c1-17-6-7-18(2)23(15-17)33-26(36)12-14-35-28(27(34-29(35)38)22-5-3-4-13-32-22)25-11-10-24(37-25)20-9-8-19(30)16-21(20)31/h3-11,13,15-16,27-28H,12,14H2,1-2H3,(H,33,36)(H,34,38)/t27-,28-/m0/s1. The monoisotopic (exact) mass is 592 g/mol. The molecule has 3 heterocycles. The summed E-state index contributed by atoms with van der Waals surface area (Å²) < 4.78 is 21.5. The number of anilines is 1. The minimum Gasteiger partial charge on any atom is -0.459 e. The highest BCUT2D eigenvalue weighted by molar-refractivity contribution is 9.10. The number of furan rings is 1. The second kappa shape index (κ2) is 11.0. The van der Waals surface area contributed by atoms with Gasteiger partial charge in [-0.2, -0.15) is 0 Å². The van der Waals surface area contributed by atoms with Gasteiger partial charge in [0.2, 0.25) is 5.91 Å². The number of aromatic nitrogens is 1. The third-order valence-corrected chi connectivity index (χ3v) is 7.41. The lowest BCUT2D eigenvalue weighted by Crippen LogP contribution is -2.32. The van der Waals surface area contributed by atoms with Gasteiger partial charge in [-0.15, -0.1) is 0 Å². The molecule has 5 rings (SSSR count). The zero-order valence-electron chi connectivity index (χ0n) is 20.9. The van der Waals surface area contributed by atoms with Gasteiger partial charge >= 0.3 is 0 Å². The summed E-state index contributed by atoms with van der Waals surface area (Å²) >= 11 is 8.99. The van der Waals surface area contributed by atoms with E-state index in [1.165, 1.54) is 6.07 Å². The Morgan fingerprint density at radius 3 is 2.76 bits per heavy atom. The van der Waals surface area contributed by atoms with Gasteiger partial charge in [0.1, 0.15) is 23.4 Å². The molecule has 2 aromatic carbocycles. The van der Waals surface area contributed by atoms with E-state index in [1.54, 1.807) is 24.4 Å². The van der Waals surface area contributed by atoms with Gasteiger partial charge in [-0.1, -0.05) is 34.1 Å². The number of thiocarbonyl (C=S) groups is 1. The lowest BCUT2D eigenvalue weighted by Gasteiger charge is -2.26. The summed E-state index contributed by atoms with van der Waals surface area (Å²) in [5.41, 5.74) is 4.02. The number of rotatable bonds is 7. The zero-order valence-corrected chi connectivity index (χ0v) is 23.3. The van der Waals surface area contributed by atoms with Gasteiger partial charge in [-0.3, -0.25) is 9.78 Å². The molecule has 0 unspecified atom stereocenters. The predicted molar refractivity (Wildman–Crippen MR) is 153 cm³/mol. The minimum absolute atomic E-state index is 0.112. The van der Waals surface area contributed by atoms with Crippen molar-refractivity contribution in [2.45, 2.75) is 32.4 Å². The summed E-state index contributed by atoms with van der Waals surface area (Å²) in [6.45, 7) is 4.31. The van der Waals surface area contributed by atoms with Crippen LogP contribution < -0.4 is 10.6 Å². The van der Waals surface area contributed by atoms with E-state index in [2.05, 4.69) is 31.5 Å². The fourth-order valence-corrected chi connectivity index (χ4v) is 5.27. The summed E-state index contributed by atoms with van der Waals surface area (Å²) in [7, 11) is 0. The van der Waals surface area contributed by atoms with Crippen molar-refractivity contribution in [2.75, 3.05) is 11.9 Å². The molecule has 9 heteroatoms. The number of pyridine rings is 1. The fourth-order valence-electron chi connectivity index (χ4n) is 4.61. The number of carbonyl (C=O) groups is 1. The van der Waals surface area contributed by atoms with E-state index in [1.807, 2.05) is 61.2 Å². The van der Waals surface area contributed by atoms with E-state index in [0.29, 0.717) is 33.2 Å². The molecular formula is C29H26BrFN4O2S. The van der Waals surface area contributed by atoms with Crippen LogP contribution in [0.2, 0.25) is 0 Å². The van der Waals surface area contributed by atoms with Crippen molar-refractivity contribution >= 4 is 44.9 Å². The van der Waals surface area contributed by atoms with Crippen molar-refractivity contribution in [3.8, 4) is 11.3 Å². The Hall–Kier alpha value is -3.56. The summed E-state index contributed by atoms with van der Waals surface area (Å²) in [4.78, 5) is 19.4. The average molecular weight is 594 g/mol. The lowest BCUT2D eigenvalue weighted by atomic mass is 10.0. The molecule has 0 saturated carbocycles. The Kier molecular flexibility index (Phi) is 7.58. The molecule has 1 amide bonds. The van der Waals surface area contributed by atoms with Crippen LogP contribution in [0.15, 0.2) is 81.8 Å². The first-order valence-electron chi connectivity index (χ1n) is 12.2.